The number of H-pyrrole nitrogens is 1. The van der Waals surface area contributed by atoms with Gasteiger partial charge >= 0.3 is 0 Å². The van der Waals surface area contributed by atoms with Gasteiger partial charge in [-0.3, -0.25) is 4.79 Å². The summed E-state index contributed by atoms with van der Waals surface area (Å²) in [6.45, 7) is 5.31. The molecule has 150 valence electrons. The first-order valence-corrected chi connectivity index (χ1v) is 9.03. The standard InChI is InChI=1S/C22H26FNO4/c1-6-15(23)11-19-17(12-16(25)7-2)13(3)18(24-19)8-14-9-20(27-4)22(26)21(10-14)28-5/h6,8-11,24,26H,7,12H2,1-5H3/b15-6+,18-8-,19-11-. The summed E-state index contributed by atoms with van der Waals surface area (Å²) in [6, 6.07) is 3.34. The molecular formula is C22H26FNO4. The molecule has 0 saturated carbocycles. The molecule has 0 bridgehead atoms. The number of allylic oxidation sites excluding steroid dienone is 2. The van der Waals surface area contributed by atoms with Crippen LogP contribution in [0.4, 0.5) is 4.39 Å². The minimum Gasteiger partial charge on any atom is -0.502 e. The highest BCUT2D eigenvalue weighted by Gasteiger charge is 2.13. The Labute approximate surface area is 163 Å². The largest absolute Gasteiger partial charge is 0.502 e. The van der Waals surface area contributed by atoms with Crippen molar-refractivity contribution >= 4 is 17.9 Å². The molecule has 0 aliphatic carbocycles. The van der Waals surface area contributed by atoms with Gasteiger partial charge in [0, 0.05) is 23.5 Å². The number of phenols is 1. The number of carbonyl (C=O) groups is 1. The molecule has 0 unspecified atom stereocenters. The minimum atomic E-state index is -0.383. The molecule has 1 aromatic carbocycles. The van der Waals surface area contributed by atoms with E-state index in [-0.39, 0.29) is 35.3 Å². The van der Waals surface area contributed by atoms with Crippen molar-refractivity contribution in [2.75, 3.05) is 14.2 Å². The quantitative estimate of drug-likeness (QED) is 0.766. The van der Waals surface area contributed by atoms with Crippen LogP contribution in [0.25, 0.3) is 12.2 Å². The number of methoxy groups -OCH3 is 2. The minimum absolute atomic E-state index is 0.0798. The van der Waals surface area contributed by atoms with E-state index in [4.69, 9.17) is 9.47 Å². The number of aromatic amines is 1. The smallest absolute Gasteiger partial charge is 0.200 e. The van der Waals surface area contributed by atoms with E-state index in [1.165, 1.54) is 26.4 Å². The summed E-state index contributed by atoms with van der Waals surface area (Å²) in [5.41, 5.74) is 2.36. The monoisotopic (exact) mass is 387 g/mol. The Morgan fingerprint density at radius 3 is 2.32 bits per heavy atom. The van der Waals surface area contributed by atoms with Gasteiger partial charge in [0.1, 0.15) is 11.6 Å². The molecule has 2 aromatic rings. The fourth-order valence-corrected chi connectivity index (χ4v) is 2.88. The molecule has 0 aliphatic heterocycles. The number of aromatic hydroxyl groups is 1. The Morgan fingerprint density at radius 1 is 1.21 bits per heavy atom. The average Bonchev–Trinajstić information content (AvgIpc) is 2.97. The molecule has 2 N–H and O–H groups in total. The number of hydrogen-bond donors (Lipinski definition) is 2. The van der Waals surface area contributed by atoms with E-state index in [0.717, 1.165) is 22.0 Å². The number of hydrogen-bond acceptors (Lipinski definition) is 4. The Bertz CT molecular complexity index is 993. The lowest BCUT2D eigenvalue weighted by molar-refractivity contribution is -0.118. The highest BCUT2D eigenvalue weighted by Crippen LogP contribution is 2.37. The number of aromatic nitrogens is 1. The Balaban J connectivity index is 2.71. The van der Waals surface area contributed by atoms with Crippen LogP contribution >= 0.6 is 0 Å². The van der Waals surface area contributed by atoms with Crippen LogP contribution in [-0.4, -0.2) is 30.1 Å². The molecule has 5 nitrogen and oxygen atoms in total. The van der Waals surface area contributed by atoms with Crippen molar-refractivity contribution in [2.45, 2.75) is 33.6 Å². The number of carbonyl (C=O) groups excluding carboxylic acids is 1. The van der Waals surface area contributed by atoms with E-state index in [1.807, 2.05) is 19.9 Å². The number of benzene rings is 1. The summed E-state index contributed by atoms with van der Waals surface area (Å²) in [5.74, 6) is 0.178. The SMILES string of the molecule is C/C=C(F)\C=c1/[nH]/c(=C\c2cc(OC)c(O)c(OC)c2)c(C)c1CC(=O)CC. The maximum atomic E-state index is 13.9. The maximum Gasteiger partial charge on any atom is 0.200 e. The van der Waals surface area contributed by atoms with E-state index < -0.39 is 0 Å². The normalized spacial score (nSPS) is 13.1. The molecule has 6 heteroatoms. The second-order valence-electron chi connectivity index (χ2n) is 6.36. The van der Waals surface area contributed by atoms with Gasteiger partial charge in [0.25, 0.3) is 0 Å². The Kier molecular flexibility index (Phi) is 7.04. The molecule has 0 atom stereocenters. The second-order valence-corrected chi connectivity index (χ2v) is 6.36. The zero-order valence-corrected chi connectivity index (χ0v) is 16.9. The summed E-state index contributed by atoms with van der Waals surface area (Å²) in [6.07, 6.45) is 5.24. The van der Waals surface area contributed by atoms with E-state index in [2.05, 4.69) is 4.98 Å². The number of rotatable bonds is 7. The third-order valence-electron chi connectivity index (χ3n) is 4.59. The van der Waals surface area contributed by atoms with E-state index in [1.54, 1.807) is 19.1 Å². The fraction of sp³-hybridized carbons (Fsp3) is 0.318. The summed E-state index contributed by atoms with van der Waals surface area (Å²) in [7, 11) is 2.92. The Morgan fingerprint density at radius 2 is 1.82 bits per heavy atom. The first kappa shape index (κ1) is 21.3. The second kappa shape index (κ2) is 9.26. The lowest BCUT2D eigenvalue weighted by Crippen LogP contribution is -2.14. The lowest BCUT2D eigenvalue weighted by atomic mass is 10.0. The van der Waals surface area contributed by atoms with Crippen molar-refractivity contribution < 1.29 is 23.8 Å². The number of nitrogens with one attached hydrogen (secondary N) is 1. The van der Waals surface area contributed by atoms with Crippen LogP contribution in [0.5, 0.6) is 17.2 Å². The van der Waals surface area contributed by atoms with Gasteiger partial charge in [-0.15, -0.1) is 0 Å². The highest BCUT2D eigenvalue weighted by atomic mass is 19.1. The summed E-state index contributed by atoms with van der Waals surface area (Å²) in [5, 5.41) is 11.4. The number of ketones is 1. The number of halogens is 1. The van der Waals surface area contributed by atoms with Crippen molar-refractivity contribution in [1.29, 1.82) is 0 Å². The zero-order valence-electron chi connectivity index (χ0n) is 16.9. The lowest BCUT2D eigenvalue weighted by Gasteiger charge is -2.09. The number of phenolic OH excluding ortho intramolecular Hbond substituents is 1. The predicted molar refractivity (Wildman–Crippen MR) is 108 cm³/mol. The molecule has 1 heterocycles. The van der Waals surface area contributed by atoms with Crippen LogP contribution in [-0.2, 0) is 11.2 Å². The summed E-state index contributed by atoms with van der Waals surface area (Å²) < 4.78 is 24.2. The van der Waals surface area contributed by atoms with Crippen LogP contribution in [0.1, 0.15) is 37.0 Å². The highest BCUT2D eigenvalue weighted by molar-refractivity contribution is 5.81. The average molecular weight is 387 g/mol. The van der Waals surface area contributed by atoms with Crippen LogP contribution in [0.15, 0.2) is 24.0 Å². The first-order valence-electron chi connectivity index (χ1n) is 9.03. The van der Waals surface area contributed by atoms with E-state index in [9.17, 15) is 14.3 Å². The summed E-state index contributed by atoms with van der Waals surface area (Å²) in [4.78, 5) is 15.2. The molecule has 0 aliphatic rings. The van der Waals surface area contributed by atoms with Crippen LogP contribution < -0.4 is 20.2 Å². The van der Waals surface area contributed by atoms with Crippen molar-refractivity contribution in [3.63, 3.8) is 0 Å². The molecule has 0 amide bonds. The van der Waals surface area contributed by atoms with Gasteiger partial charge in [-0.25, -0.2) is 4.39 Å². The van der Waals surface area contributed by atoms with Crippen LogP contribution in [0.3, 0.4) is 0 Å². The van der Waals surface area contributed by atoms with Crippen LogP contribution in [0.2, 0.25) is 0 Å². The van der Waals surface area contributed by atoms with Crippen molar-refractivity contribution in [2.24, 2.45) is 0 Å². The maximum absolute atomic E-state index is 13.9. The molecule has 0 spiro atoms. The van der Waals surface area contributed by atoms with Crippen molar-refractivity contribution in [3.05, 3.63) is 51.4 Å². The first-order chi connectivity index (χ1) is 13.3. The van der Waals surface area contributed by atoms with Crippen molar-refractivity contribution in [3.8, 4) is 17.2 Å². The number of Topliss-reactive ketones (excluding diaryl/α,β-unsaturated/α-hetero) is 1. The van der Waals surface area contributed by atoms with E-state index in [0.29, 0.717) is 11.8 Å². The third-order valence-corrected chi connectivity index (χ3v) is 4.59. The molecule has 0 fully saturated rings. The third kappa shape index (κ3) is 4.63. The van der Waals surface area contributed by atoms with Gasteiger partial charge in [0.15, 0.2) is 11.5 Å². The Hall–Kier alpha value is -3.02. The van der Waals surface area contributed by atoms with Gasteiger partial charge in [-0.2, -0.15) is 0 Å². The van der Waals surface area contributed by atoms with Gasteiger partial charge < -0.3 is 19.6 Å². The molecule has 2 rings (SSSR count). The zero-order chi connectivity index (χ0) is 20.8. The van der Waals surface area contributed by atoms with Gasteiger partial charge in [-0.05, 0) is 54.8 Å². The molecule has 1 aromatic heterocycles. The molecule has 0 radical (unpaired) electrons. The van der Waals surface area contributed by atoms with Crippen LogP contribution in [0, 0.1) is 6.92 Å². The summed E-state index contributed by atoms with van der Waals surface area (Å²) >= 11 is 0. The molecular weight excluding hydrogens is 361 g/mol. The predicted octanol–water partition coefficient (Wildman–Crippen LogP) is 3.05. The van der Waals surface area contributed by atoms with Crippen molar-refractivity contribution in [1.82, 2.24) is 4.98 Å². The van der Waals surface area contributed by atoms with Gasteiger partial charge in [-0.1, -0.05) is 13.0 Å². The number of ether oxygens (including phenoxy) is 2. The van der Waals surface area contributed by atoms with E-state index >= 15 is 0 Å². The van der Waals surface area contributed by atoms with Gasteiger partial charge in [0.2, 0.25) is 5.75 Å². The van der Waals surface area contributed by atoms with Gasteiger partial charge in [0.05, 0.1) is 14.2 Å². The topological polar surface area (TPSA) is 71.6 Å². The molecule has 28 heavy (non-hydrogen) atoms. The molecule has 0 saturated heterocycles. The fourth-order valence-electron chi connectivity index (χ4n) is 2.88.